The van der Waals surface area contributed by atoms with Gasteiger partial charge in [-0.25, -0.2) is 59.8 Å². The van der Waals surface area contributed by atoms with Crippen molar-refractivity contribution in [2.24, 2.45) is 0 Å². The Balaban J connectivity index is 0.000000111. The lowest BCUT2D eigenvalue weighted by atomic mass is 9.99. The molecule has 0 unspecified atom stereocenters. The molecule has 0 spiro atoms. The van der Waals surface area contributed by atoms with Gasteiger partial charge in [0, 0.05) is 128 Å². The summed E-state index contributed by atoms with van der Waals surface area (Å²) in [7, 11) is 0. The van der Waals surface area contributed by atoms with Gasteiger partial charge >= 0.3 is 0 Å². The van der Waals surface area contributed by atoms with E-state index >= 15 is 0 Å². The minimum Gasteiger partial charge on any atom is -0.436 e. The quantitative estimate of drug-likeness (QED) is 0.0871. The number of benzene rings is 16. The lowest BCUT2D eigenvalue weighted by molar-refractivity contribution is 0.619. The van der Waals surface area contributed by atoms with Crippen LogP contribution in [0.3, 0.4) is 0 Å². The lowest BCUT2D eigenvalue weighted by Gasteiger charge is -2.10. The third-order valence-electron chi connectivity index (χ3n) is 25.3. The Morgan fingerprint density at radius 1 is 0.149 bits per heavy atom. The minimum atomic E-state index is 0.548. The molecule has 0 radical (unpaired) electrons. The molecule has 11 heterocycles. The summed E-state index contributed by atoms with van der Waals surface area (Å²) in [4.78, 5) is 68.9. The number of fused-ring (bicyclic) bond motifs is 15. The fourth-order valence-corrected chi connectivity index (χ4v) is 18.4. The normalized spacial score (nSPS) is 11.4. The van der Waals surface area contributed by atoms with Crippen LogP contribution in [0.25, 0.3) is 268 Å². The van der Waals surface area contributed by atoms with Crippen LogP contribution in [-0.2, 0) is 0 Å². The number of oxazole rings is 3. The lowest BCUT2D eigenvalue weighted by Crippen LogP contribution is -2.00. The van der Waals surface area contributed by atoms with Gasteiger partial charge in [0.1, 0.15) is 16.6 Å². The first kappa shape index (κ1) is 83.3. The zero-order valence-electron chi connectivity index (χ0n) is 75.4. The maximum atomic E-state index is 6.40. The second kappa shape index (κ2) is 36.4. The summed E-state index contributed by atoms with van der Waals surface area (Å²) in [5, 5.41) is 9.39. The Morgan fingerprint density at radius 2 is 0.418 bits per heavy atom. The summed E-state index contributed by atoms with van der Waals surface area (Å²) in [6.45, 7) is 0. The monoisotopic (exact) mass is 1810 g/mol. The van der Waals surface area contributed by atoms with Crippen molar-refractivity contribution in [3.05, 3.63) is 461 Å². The van der Waals surface area contributed by atoms with Crippen molar-refractivity contribution in [3.8, 4) is 170 Å². The molecule has 0 aliphatic carbocycles. The third-order valence-corrected chi connectivity index (χ3v) is 25.3. The number of rotatable bonds is 15. The van der Waals surface area contributed by atoms with Crippen molar-refractivity contribution in [1.82, 2.24) is 69.8 Å². The number of nitrogens with zero attached hydrogens (tertiary/aromatic N) is 14. The molecule has 17 heteroatoms. The van der Waals surface area contributed by atoms with Crippen LogP contribution >= 0.6 is 0 Å². The third kappa shape index (κ3) is 16.3. The molecular weight excluding hydrogens is 1730 g/mol. The van der Waals surface area contributed by atoms with Crippen molar-refractivity contribution in [3.63, 3.8) is 0 Å². The summed E-state index contributed by atoms with van der Waals surface area (Å²) < 4.78 is 19.2. The molecule has 27 aromatic rings. The Kier molecular flexibility index (Phi) is 21.5. The summed E-state index contributed by atoms with van der Waals surface area (Å²) in [6.07, 6.45) is 3.56. The molecule has 141 heavy (non-hydrogen) atoms. The molecule has 0 saturated carbocycles. The van der Waals surface area contributed by atoms with Crippen molar-refractivity contribution >= 4 is 98.3 Å². The van der Waals surface area contributed by atoms with Crippen LogP contribution in [0, 0.1) is 0 Å². The van der Waals surface area contributed by atoms with Crippen LogP contribution in [0.15, 0.2) is 475 Å². The molecule has 0 fully saturated rings. The number of para-hydroxylation sites is 3. The zero-order chi connectivity index (χ0) is 93.5. The van der Waals surface area contributed by atoms with Crippen molar-refractivity contribution in [2.45, 2.75) is 0 Å². The van der Waals surface area contributed by atoms with E-state index in [1.54, 1.807) is 12.4 Å². The Hall–Kier alpha value is -19.5. The predicted molar refractivity (Wildman–Crippen MR) is 564 cm³/mol. The molecule has 660 valence electrons. The summed E-state index contributed by atoms with van der Waals surface area (Å²) in [5.41, 5.74) is 28.8. The van der Waals surface area contributed by atoms with E-state index in [9.17, 15) is 0 Å². The van der Waals surface area contributed by atoms with Crippen molar-refractivity contribution < 1.29 is 13.3 Å². The second-order valence-electron chi connectivity index (χ2n) is 34.1. The summed E-state index contributed by atoms with van der Waals surface area (Å²) in [6, 6.07) is 151. The van der Waals surface area contributed by atoms with Crippen LogP contribution in [0.4, 0.5) is 0 Å². The van der Waals surface area contributed by atoms with E-state index in [1.165, 1.54) is 0 Å². The average molecular weight is 1810 g/mol. The highest BCUT2D eigenvalue weighted by Gasteiger charge is 2.25. The first-order valence-electron chi connectivity index (χ1n) is 46.4. The highest BCUT2D eigenvalue weighted by molar-refractivity contribution is 6.23. The Labute approximate surface area is 807 Å². The molecule has 0 amide bonds. The van der Waals surface area contributed by atoms with E-state index in [0.717, 1.165) is 227 Å². The summed E-state index contributed by atoms with van der Waals surface area (Å²) in [5.74, 6) is 4.22. The molecule has 17 nitrogen and oxygen atoms in total. The Morgan fingerprint density at radius 3 is 0.752 bits per heavy atom. The average Bonchev–Trinajstić information content (AvgIpc) is 1.68. The number of pyridine rings is 6. The van der Waals surface area contributed by atoms with E-state index in [1.807, 2.05) is 303 Å². The molecular formula is C124H76N14O3. The van der Waals surface area contributed by atoms with Gasteiger partial charge in [-0.3, -0.25) is 9.97 Å². The zero-order valence-corrected chi connectivity index (χ0v) is 75.4. The van der Waals surface area contributed by atoms with Gasteiger partial charge in [-0.1, -0.05) is 315 Å². The van der Waals surface area contributed by atoms with Gasteiger partial charge in [0.25, 0.3) is 0 Å². The second-order valence-corrected chi connectivity index (χ2v) is 34.1. The SMILES string of the molecule is c1ccc(-c2cc(-c3ccc(-c4nc5c(ccc6c(-c7ccccc7)nc7ccccc7c65)o4)cc3)nc(-c3ccccc3)n2)cc1.c1ccc(-c2nc(-c3ccccc3)nc(-c3ccc(-c4nc5c(ccc6c(-c7ccccc7)nc7ccccc7c65)o4)cc3)n2)cc1.c1ccc(-c2nc3ccccc3c3c2ccc2oc(-c4ccc(-c5cc(-c6ccccn6)nc(-c6ccccn6)c5)cc4)nc23)cc1. The van der Waals surface area contributed by atoms with Gasteiger partial charge in [0.2, 0.25) is 17.7 Å². The topological polar surface area (TPSA) is 220 Å². The molecule has 0 bridgehead atoms. The van der Waals surface area contributed by atoms with Crippen molar-refractivity contribution in [1.29, 1.82) is 0 Å². The van der Waals surface area contributed by atoms with E-state index in [-0.39, 0.29) is 0 Å². The van der Waals surface area contributed by atoms with Crippen LogP contribution in [0.2, 0.25) is 0 Å². The van der Waals surface area contributed by atoms with Gasteiger partial charge in [0.15, 0.2) is 40.0 Å². The molecule has 0 aliphatic rings. The molecule has 0 saturated heterocycles. The van der Waals surface area contributed by atoms with Crippen LogP contribution < -0.4 is 0 Å². The fourth-order valence-electron chi connectivity index (χ4n) is 18.4. The van der Waals surface area contributed by atoms with Gasteiger partial charge < -0.3 is 13.3 Å². The van der Waals surface area contributed by atoms with Crippen LogP contribution in [-0.4, -0.2) is 69.8 Å². The van der Waals surface area contributed by atoms with Crippen molar-refractivity contribution in [2.75, 3.05) is 0 Å². The molecule has 16 aromatic carbocycles. The first-order chi connectivity index (χ1) is 69.8. The maximum absolute atomic E-state index is 6.40. The molecule has 11 aromatic heterocycles. The molecule has 27 rings (SSSR count). The molecule has 0 atom stereocenters. The van der Waals surface area contributed by atoms with E-state index < -0.39 is 0 Å². The predicted octanol–water partition coefficient (Wildman–Crippen LogP) is 30.8. The van der Waals surface area contributed by atoms with E-state index in [2.05, 4.69) is 156 Å². The number of hydrogen-bond donors (Lipinski definition) is 0. The molecule has 0 N–H and O–H groups in total. The number of aromatic nitrogens is 14. The smallest absolute Gasteiger partial charge is 0.227 e. The standard InChI is InChI=1S/C42H26N4O.2C41H25N5O/c1-4-12-27(13-5-1)35-26-36(45-41(44-35)30-16-8-3-9-17-30)28-20-22-31(23-21-28)42-46-40-37(47-42)25-24-33-38(40)32-18-10-11-19-34(32)43-39(33)29-14-6-2-7-15-29;1-4-12-26(13-5-1)36-32-24-25-34-37(35(32)31-18-10-11-19-33(31)42-36)43-41(47-34)30-22-20-29(21-23-30)40-45-38(27-14-6-2-7-15-27)44-39(46-40)28-16-8-3-9-17-28;1-2-10-27(11-3-1)39-31-20-21-37-40(38(31)30-12-4-5-13-32(30)45-39)46-41(47-37)28-18-16-26(17-19-28)29-24-35(33-14-6-8-22-42-33)44-36(25-29)34-15-7-9-23-43-34/h1-26H;2*1-25H. The van der Waals surface area contributed by atoms with Gasteiger partial charge in [-0.2, -0.15) is 0 Å². The van der Waals surface area contributed by atoms with Crippen LogP contribution in [0.5, 0.6) is 0 Å². The van der Waals surface area contributed by atoms with Gasteiger partial charge in [-0.15, -0.1) is 0 Å². The van der Waals surface area contributed by atoms with E-state index in [4.69, 9.17) is 73.1 Å². The Bertz CT molecular complexity index is 8330. The minimum absolute atomic E-state index is 0.548. The highest BCUT2D eigenvalue weighted by atomic mass is 16.4. The van der Waals surface area contributed by atoms with Gasteiger partial charge in [0.05, 0.1) is 67.8 Å². The van der Waals surface area contributed by atoms with Gasteiger partial charge in [-0.05, 0) is 145 Å². The fraction of sp³-hybridized carbons (Fsp3) is 0. The van der Waals surface area contributed by atoms with Crippen LogP contribution in [0.1, 0.15) is 0 Å². The van der Waals surface area contributed by atoms with E-state index in [0.29, 0.717) is 41.0 Å². The largest absolute Gasteiger partial charge is 0.436 e. The number of hydrogen-bond acceptors (Lipinski definition) is 17. The first-order valence-corrected chi connectivity index (χ1v) is 46.4. The summed E-state index contributed by atoms with van der Waals surface area (Å²) >= 11 is 0. The maximum Gasteiger partial charge on any atom is 0.227 e. The molecule has 0 aliphatic heterocycles. The highest BCUT2D eigenvalue weighted by Crippen LogP contribution is 2.45.